The van der Waals surface area contributed by atoms with Crippen LogP contribution in [0.4, 0.5) is 10.1 Å². The van der Waals surface area contributed by atoms with E-state index in [-0.39, 0.29) is 35.1 Å². The van der Waals surface area contributed by atoms with Gasteiger partial charge in [0, 0.05) is 43.0 Å². The number of halogens is 1. The quantitative estimate of drug-likeness (QED) is 0.223. The molecule has 8 nitrogen and oxygen atoms in total. The van der Waals surface area contributed by atoms with E-state index in [9.17, 15) is 14.0 Å². The second-order valence-electron chi connectivity index (χ2n) is 8.30. The largest absolute Gasteiger partial charge is 0.453 e. The third-order valence-corrected chi connectivity index (χ3v) is 6.80. The Bertz CT molecular complexity index is 1410. The summed E-state index contributed by atoms with van der Waals surface area (Å²) in [5, 5.41) is 11.6. The molecule has 38 heavy (non-hydrogen) atoms. The predicted molar refractivity (Wildman–Crippen MR) is 152 cm³/mol. The van der Waals surface area contributed by atoms with Gasteiger partial charge in [-0.25, -0.2) is 4.39 Å². The number of thiocarbonyl (C=S) groups is 1. The smallest absolute Gasteiger partial charge is 0.261 e. The number of pyridine rings is 1. The Balaban J connectivity index is 1.38. The highest BCUT2D eigenvalue weighted by Crippen LogP contribution is 2.36. The van der Waals surface area contributed by atoms with Gasteiger partial charge in [0.1, 0.15) is 5.75 Å². The zero-order valence-corrected chi connectivity index (χ0v) is 22.0. The minimum atomic E-state index is -0.630. The second kappa shape index (κ2) is 13.0. The molecule has 1 aromatic carbocycles. The van der Waals surface area contributed by atoms with Crippen LogP contribution in [0.2, 0.25) is 0 Å². The van der Waals surface area contributed by atoms with Gasteiger partial charge in [0.15, 0.2) is 16.7 Å². The number of aromatic nitrogens is 1. The van der Waals surface area contributed by atoms with E-state index in [4.69, 9.17) is 17.0 Å². The Morgan fingerprint density at radius 2 is 2.11 bits per heavy atom. The van der Waals surface area contributed by atoms with Gasteiger partial charge in [-0.05, 0) is 43.4 Å². The van der Waals surface area contributed by atoms with Crippen molar-refractivity contribution in [1.82, 2.24) is 20.9 Å². The van der Waals surface area contributed by atoms with Crippen LogP contribution >= 0.6 is 23.6 Å². The predicted octanol–water partition coefficient (Wildman–Crippen LogP) is 4.82. The van der Waals surface area contributed by atoms with Gasteiger partial charge in [0.2, 0.25) is 5.91 Å². The molecule has 0 radical (unpaired) electrons. The summed E-state index contributed by atoms with van der Waals surface area (Å²) < 4.78 is 21.4. The number of thiophene rings is 1. The first-order valence-corrected chi connectivity index (χ1v) is 13.1. The summed E-state index contributed by atoms with van der Waals surface area (Å²) in [7, 11) is 0. The molecular weight excluding hydrogens is 525 g/mol. The van der Waals surface area contributed by atoms with E-state index in [1.54, 1.807) is 54.8 Å². The summed E-state index contributed by atoms with van der Waals surface area (Å²) in [5.74, 6) is -0.726. The summed E-state index contributed by atoms with van der Waals surface area (Å²) >= 11 is 6.39. The van der Waals surface area contributed by atoms with Crippen LogP contribution in [0.5, 0.6) is 11.5 Å². The lowest BCUT2D eigenvalue weighted by atomic mass is 10.2. The minimum absolute atomic E-state index is 0.00727. The van der Waals surface area contributed by atoms with Crippen LogP contribution in [0.3, 0.4) is 0 Å². The maximum Gasteiger partial charge on any atom is 0.261 e. The molecule has 1 aliphatic rings. The van der Waals surface area contributed by atoms with Gasteiger partial charge in [0.05, 0.1) is 15.1 Å². The lowest BCUT2D eigenvalue weighted by Crippen LogP contribution is -2.35. The third-order valence-electron chi connectivity index (χ3n) is 5.46. The van der Waals surface area contributed by atoms with Crippen molar-refractivity contribution in [2.24, 2.45) is 0 Å². The van der Waals surface area contributed by atoms with Crippen LogP contribution in [0.25, 0.3) is 10.2 Å². The molecule has 0 spiro atoms. The fourth-order valence-corrected chi connectivity index (χ4v) is 4.86. The van der Waals surface area contributed by atoms with E-state index in [0.29, 0.717) is 26.5 Å². The normalized spacial score (nSPS) is 15.1. The Kier molecular flexibility index (Phi) is 9.30. The highest BCUT2D eigenvalue weighted by atomic mass is 32.1. The monoisotopic (exact) mass is 551 g/mol. The number of carbonyl (C=O) groups excluding carboxylic acids is 2. The van der Waals surface area contributed by atoms with Crippen LogP contribution in [0.1, 0.15) is 22.5 Å². The van der Waals surface area contributed by atoms with Crippen LogP contribution in [0, 0.1) is 5.82 Å². The number of nitrogens with one attached hydrogen (secondary N) is 4. The summed E-state index contributed by atoms with van der Waals surface area (Å²) in [6, 6.07) is 7.68. The lowest BCUT2D eigenvalue weighted by molar-refractivity contribution is -0.118. The maximum atomic E-state index is 14.9. The van der Waals surface area contributed by atoms with Crippen LogP contribution < -0.4 is 26.0 Å². The van der Waals surface area contributed by atoms with Crippen molar-refractivity contribution in [2.75, 3.05) is 18.4 Å². The molecule has 4 rings (SSSR count). The Morgan fingerprint density at radius 3 is 2.87 bits per heavy atom. The first-order chi connectivity index (χ1) is 18.4. The summed E-state index contributed by atoms with van der Waals surface area (Å²) in [5.41, 5.74) is 0.939. The molecule has 2 aromatic heterocycles. The topological polar surface area (TPSA) is 104 Å². The van der Waals surface area contributed by atoms with Crippen molar-refractivity contribution in [3.05, 3.63) is 84.2 Å². The highest BCUT2D eigenvalue weighted by molar-refractivity contribution is 7.80. The average Bonchev–Trinajstić information content (AvgIpc) is 3.56. The van der Waals surface area contributed by atoms with E-state index in [1.165, 1.54) is 23.5 Å². The van der Waals surface area contributed by atoms with E-state index < -0.39 is 5.82 Å². The lowest BCUT2D eigenvalue weighted by Gasteiger charge is -2.11. The van der Waals surface area contributed by atoms with Crippen LogP contribution in [-0.4, -0.2) is 41.0 Å². The first kappa shape index (κ1) is 27.1. The van der Waals surface area contributed by atoms with Crippen molar-refractivity contribution in [3.8, 4) is 11.5 Å². The molecule has 4 N–H and O–H groups in total. The van der Waals surface area contributed by atoms with Gasteiger partial charge in [-0.2, -0.15) is 0 Å². The number of carbonyl (C=O) groups is 2. The maximum absolute atomic E-state index is 14.9. The number of allylic oxidation sites excluding steroid dienone is 4. The SMILES string of the molecule is C=C/C=C\C=C/CC(=O)NC(=S)Nc1ccc(Oc2ccnc3cc(C(=O)NC4CCNC4)sc23)c(F)c1. The number of anilines is 1. The second-order valence-corrected chi connectivity index (χ2v) is 9.76. The molecule has 1 unspecified atom stereocenters. The van der Waals surface area contributed by atoms with Crippen molar-refractivity contribution in [3.63, 3.8) is 0 Å². The fourth-order valence-electron chi connectivity index (χ4n) is 3.66. The molecule has 0 saturated carbocycles. The van der Waals surface area contributed by atoms with Crippen molar-refractivity contribution in [1.29, 1.82) is 0 Å². The molecule has 2 amide bonds. The van der Waals surface area contributed by atoms with Crippen molar-refractivity contribution in [2.45, 2.75) is 18.9 Å². The molecule has 1 atom stereocenters. The fraction of sp³-hybridized carbons (Fsp3) is 0.185. The number of rotatable bonds is 9. The molecular formula is C27H26FN5O3S2. The zero-order valence-electron chi connectivity index (χ0n) is 20.3. The van der Waals surface area contributed by atoms with E-state index in [2.05, 4.69) is 32.8 Å². The van der Waals surface area contributed by atoms with Gasteiger partial charge >= 0.3 is 0 Å². The highest BCUT2D eigenvalue weighted by Gasteiger charge is 2.20. The average molecular weight is 552 g/mol. The standard InChI is InChI=1S/C27H26FN5O3S2/c1-2-3-4-5-6-7-24(34)33-27(37)32-17-8-9-21(19(28)14-17)36-22-11-13-30-20-15-23(38-25(20)22)26(35)31-18-10-12-29-16-18/h2-6,8-9,11,13-15,18,29H,1,7,10,12,16H2,(H,31,35)(H2,32,33,34,37)/b4-3-,6-5-. The Hall–Kier alpha value is -3.93. The number of amides is 2. The van der Waals surface area contributed by atoms with Crippen LogP contribution in [-0.2, 0) is 4.79 Å². The number of ether oxygens (including phenoxy) is 1. The minimum Gasteiger partial charge on any atom is -0.453 e. The Labute approximate surface area is 228 Å². The van der Waals surface area contributed by atoms with E-state index in [1.807, 2.05) is 0 Å². The number of hydrogen-bond donors (Lipinski definition) is 4. The molecule has 0 bridgehead atoms. The molecule has 1 fully saturated rings. The van der Waals surface area contributed by atoms with Gasteiger partial charge in [-0.1, -0.05) is 37.0 Å². The van der Waals surface area contributed by atoms with Gasteiger partial charge in [0.25, 0.3) is 5.91 Å². The third kappa shape index (κ3) is 7.31. The molecule has 1 aliphatic heterocycles. The molecule has 0 aliphatic carbocycles. The van der Waals surface area contributed by atoms with E-state index >= 15 is 0 Å². The number of fused-ring (bicyclic) bond motifs is 1. The molecule has 196 valence electrons. The molecule has 11 heteroatoms. The molecule has 3 heterocycles. The van der Waals surface area contributed by atoms with Gasteiger partial charge < -0.3 is 26.0 Å². The van der Waals surface area contributed by atoms with Crippen LogP contribution in [0.15, 0.2) is 73.5 Å². The van der Waals surface area contributed by atoms with E-state index in [0.717, 1.165) is 19.5 Å². The zero-order chi connectivity index (χ0) is 26.9. The van der Waals surface area contributed by atoms with Gasteiger partial charge in [-0.3, -0.25) is 14.6 Å². The molecule has 1 saturated heterocycles. The molecule has 3 aromatic rings. The summed E-state index contributed by atoms with van der Waals surface area (Å²) in [4.78, 5) is 29.5. The summed E-state index contributed by atoms with van der Waals surface area (Å²) in [6.45, 7) is 5.19. The first-order valence-electron chi connectivity index (χ1n) is 11.9. The van der Waals surface area contributed by atoms with Gasteiger partial charge in [-0.15, -0.1) is 11.3 Å². The Morgan fingerprint density at radius 1 is 1.24 bits per heavy atom. The number of benzene rings is 1. The number of nitrogens with zero attached hydrogens (tertiary/aromatic N) is 1. The van der Waals surface area contributed by atoms with Crippen molar-refractivity contribution < 1.29 is 18.7 Å². The van der Waals surface area contributed by atoms with Crippen molar-refractivity contribution >= 4 is 56.4 Å². The number of hydrogen-bond acceptors (Lipinski definition) is 7. The summed E-state index contributed by atoms with van der Waals surface area (Å²) in [6.07, 6.45) is 11.1.